The summed E-state index contributed by atoms with van der Waals surface area (Å²) in [4.78, 5) is 7.04. The van der Waals surface area contributed by atoms with Crippen LogP contribution in [0.25, 0.3) is 0 Å². The van der Waals surface area contributed by atoms with Gasteiger partial charge in [-0.3, -0.25) is 9.71 Å². The molecule has 0 aliphatic carbocycles. The van der Waals surface area contributed by atoms with Crippen molar-refractivity contribution in [1.82, 2.24) is 9.88 Å². The molecule has 1 saturated heterocycles. The molecule has 5 nitrogen and oxygen atoms in total. The lowest BCUT2D eigenvalue weighted by molar-refractivity contribution is 0.208. The fourth-order valence-electron chi connectivity index (χ4n) is 3.58. The van der Waals surface area contributed by atoms with Crippen molar-refractivity contribution in [2.45, 2.75) is 43.9 Å². The van der Waals surface area contributed by atoms with Gasteiger partial charge >= 0.3 is 0 Å². The second-order valence-electron chi connectivity index (χ2n) is 7.07. The molecule has 0 radical (unpaired) electrons. The minimum absolute atomic E-state index is 0.273. The van der Waals surface area contributed by atoms with Gasteiger partial charge in [0.2, 0.25) is 0 Å². The highest BCUT2D eigenvalue weighted by Crippen LogP contribution is 2.28. The molecular weight excluding hydrogens is 346 g/mol. The van der Waals surface area contributed by atoms with Crippen LogP contribution in [0.4, 0.5) is 5.69 Å². The zero-order chi connectivity index (χ0) is 18.6. The number of aryl methyl sites for hydroxylation is 1. The third-order valence-electron chi connectivity index (χ3n) is 4.83. The molecule has 140 valence electrons. The number of hydrogen-bond donors (Lipinski definition) is 1. The Labute approximate surface area is 156 Å². The number of nitrogens with one attached hydrogen (secondary N) is 1. The summed E-state index contributed by atoms with van der Waals surface area (Å²) >= 11 is 0. The topological polar surface area (TPSA) is 62.3 Å². The van der Waals surface area contributed by atoms with Gasteiger partial charge in [-0.2, -0.15) is 0 Å². The van der Waals surface area contributed by atoms with Gasteiger partial charge in [0, 0.05) is 12.7 Å². The molecule has 2 heterocycles. The number of anilines is 1. The monoisotopic (exact) mass is 373 g/mol. The van der Waals surface area contributed by atoms with Gasteiger partial charge in [0.25, 0.3) is 10.0 Å². The van der Waals surface area contributed by atoms with E-state index in [4.69, 9.17) is 0 Å². The van der Waals surface area contributed by atoms with E-state index in [0.29, 0.717) is 11.6 Å². The van der Waals surface area contributed by atoms with Crippen LogP contribution in [0, 0.1) is 6.92 Å². The van der Waals surface area contributed by atoms with Crippen molar-refractivity contribution in [3.8, 4) is 0 Å². The van der Waals surface area contributed by atoms with E-state index < -0.39 is 10.0 Å². The zero-order valence-electron chi connectivity index (χ0n) is 15.5. The quantitative estimate of drug-likeness (QED) is 0.837. The molecule has 3 rings (SSSR count). The van der Waals surface area contributed by atoms with Crippen LogP contribution in [0.2, 0.25) is 0 Å². The number of hydrogen-bond acceptors (Lipinski definition) is 4. The summed E-state index contributed by atoms with van der Waals surface area (Å²) in [6.07, 6.45) is 6.88. The Morgan fingerprint density at radius 3 is 2.88 bits per heavy atom. The maximum absolute atomic E-state index is 12.6. The smallest absolute Gasteiger partial charge is 0.261 e. The Bertz CT molecular complexity index is 850. The number of piperidine rings is 1. The van der Waals surface area contributed by atoms with Crippen molar-refractivity contribution in [3.63, 3.8) is 0 Å². The van der Waals surface area contributed by atoms with E-state index >= 15 is 0 Å². The molecule has 6 heteroatoms. The Morgan fingerprint density at radius 1 is 1.27 bits per heavy atom. The summed E-state index contributed by atoms with van der Waals surface area (Å²) < 4.78 is 27.9. The minimum atomic E-state index is -3.60. The Balaban J connectivity index is 1.77. The maximum atomic E-state index is 12.6. The first-order valence-corrected chi connectivity index (χ1v) is 10.7. The van der Waals surface area contributed by atoms with Gasteiger partial charge < -0.3 is 4.90 Å². The first kappa shape index (κ1) is 18.9. The van der Waals surface area contributed by atoms with Gasteiger partial charge in [0.1, 0.15) is 0 Å². The van der Waals surface area contributed by atoms with Crippen LogP contribution in [-0.4, -0.2) is 37.9 Å². The first-order valence-electron chi connectivity index (χ1n) is 9.25. The standard InChI is InChI=1S/C20H27N3O2S/c1-3-9-23-10-5-7-17(15-23)18-12-19(14-21-13-18)22-26(24,25)20-8-4-6-16(2)11-20/h4,6,8,11-14,17,22H,3,5,7,9-10,15H2,1-2H3. The average Bonchev–Trinajstić information content (AvgIpc) is 2.62. The molecule has 1 N–H and O–H groups in total. The fraction of sp³-hybridized carbons (Fsp3) is 0.450. The molecule has 1 aromatic heterocycles. The summed E-state index contributed by atoms with van der Waals surface area (Å²) in [6, 6.07) is 8.84. The van der Waals surface area contributed by atoms with E-state index in [0.717, 1.165) is 43.6 Å². The SMILES string of the molecule is CCCN1CCCC(c2cncc(NS(=O)(=O)c3cccc(C)c3)c2)C1. The average molecular weight is 374 g/mol. The number of sulfonamides is 1. The number of pyridine rings is 1. The van der Waals surface area contributed by atoms with Gasteiger partial charge in [0.05, 0.1) is 16.8 Å². The number of nitrogens with zero attached hydrogens (tertiary/aromatic N) is 2. The van der Waals surface area contributed by atoms with Crippen LogP contribution < -0.4 is 4.72 Å². The molecule has 1 fully saturated rings. The molecule has 0 amide bonds. The second kappa shape index (κ2) is 8.18. The molecule has 0 spiro atoms. The van der Waals surface area contributed by atoms with E-state index in [1.807, 2.05) is 25.3 Å². The van der Waals surface area contributed by atoms with Crippen LogP contribution >= 0.6 is 0 Å². The Hall–Kier alpha value is -1.92. The van der Waals surface area contributed by atoms with Crippen molar-refractivity contribution in [1.29, 1.82) is 0 Å². The zero-order valence-corrected chi connectivity index (χ0v) is 16.3. The number of rotatable bonds is 6. The van der Waals surface area contributed by atoms with E-state index in [2.05, 4.69) is 21.5 Å². The van der Waals surface area contributed by atoms with Crippen molar-refractivity contribution < 1.29 is 8.42 Å². The molecule has 1 unspecified atom stereocenters. The summed E-state index contributed by atoms with van der Waals surface area (Å²) in [6.45, 7) is 7.36. The molecular formula is C20H27N3O2S. The highest BCUT2D eigenvalue weighted by atomic mass is 32.2. The third kappa shape index (κ3) is 4.62. The third-order valence-corrected chi connectivity index (χ3v) is 6.21. The summed E-state index contributed by atoms with van der Waals surface area (Å²) in [7, 11) is -3.60. The van der Waals surface area contributed by atoms with Crippen molar-refractivity contribution >= 4 is 15.7 Å². The summed E-state index contributed by atoms with van der Waals surface area (Å²) in [5, 5.41) is 0. The van der Waals surface area contributed by atoms with Crippen LogP contribution in [0.3, 0.4) is 0 Å². The highest BCUT2D eigenvalue weighted by molar-refractivity contribution is 7.92. The summed E-state index contributed by atoms with van der Waals surface area (Å²) in [5.41, 5.74) is 2.55. The van der Waals surface area contributed by atoms with Crippen molar-refractivity contribution in [3.05, 3.63) is 53.9 Å². The van der Waals surface area contributed by atoms with Crippen LogP contribution in [-0.2, 0) is 10.0 Å². The lowest BCUT2D eigenvalue weighted by Gasteiger charge is -2.32. The predicted molar refractivity (Wildman–Crippen MR) is 105 cm³/mol. The summed E-state index contributed by atoms with van der Waals surface area (Å²) in [5.74, 6) is 0.409. The van der Waals surface area contributed by atoms with E-state index in [9.17, 15) is 8.42 Å². The van der Waals surface area contributed by atoms with Crippen LogP contribution in [0.1, 0.15) is 43.2 Å². The first-order chi connectivity index (χ1) is 12.5. The fourth-order valence-corrected chi connectivity index (χ4v) is 4.72. The van der Waals surface area contributed by atoms with Crippen LogP contribution in [0.5, 0.6) is 0 Å². The van der Waals surface area contributed by atoms with Crippen molar-refractivity contribution in [2.24, 2.45) is 0 Å². The van der Waals surface area contributed by atoms with Gasteiger partial charge in [0.15, 0.2) is 0 Å². The number of benzene rings is 1. The molecule has 26 heavy (non-hydrogen) atoms. The molecule has 1 atom stereocenters. The number of aromatic nitrogens is 1. The van der Waals surface area contributed by atoms with Gasteiger partial charge in [-0.1, -0.05) is 19.1 Å². The molecule has 2 aromatic rings. The van der Waals surface area contributed by atoms with E-state index in [1.54, 1.807) is 24.4 Å². The Morgan fingerprint density at radius 2 is 2.12 bits per heavy atom. The van der Waals surface area contributed by atoms with Crippen LogP contribution in [0.15, 0.2) is 47.6 Å². The van der Waals surface area contributed by atoms with Gasteiger partial charge in [-0.25, -0.2) is 8.42 Å². The predicted octanol–water partition coefficient (Wildman–Crippen LogP) is 3.78. The highest BCUT2D eigenvalue weighted by Gasteiger charge is 2.22. The minimum Gasteiger partial charge on any atom is -0.303 e. The second-order valence-corrected chi connectivity index (χ2v) is 8.75. The molecule has 1 aromatic carbocycles. The van der Waals surface area contributed by atoms with Gasteiger partial charge in [-0.05, 0) is 74.5 Å². The molecule has 0 saturated carbocycles. The largest absolute Gasteiger partial charge is 0.303 e. The normalized spacial score (nSPS) is 18.6. The molecule has 0 bridgehead atoms. The number of likely N-dealkylation sites (tertiary alicyclic amines) is 1. The van der Waals surface area contributed by atoms with Gasteiger partial charge in [-0.15, -0.1) is 0 Å². The lowest BCUT2D eigenvalue weighted by atomic mass is 9.91. The maximum Gasteiger partial charge on any atom is 0.261 e. The van der Waals surface area contributed by atoms with Crippen molar-refractivity contribution in [2.75, 3.05) is 24.4 Å². The Kier molecular flexibility index (Phi) is 5.94. The molecule has 1 aliphatic rings. The van der Waals surface area contributed by atoms with E-state index in [-0.39, 0.29) is 4.90 Å². The lowest BCUT2D eigenvalue weighted by Crippen LogP contribution is -2.34. The van der Waals surface area contributed by atoms with E-state index in [1.165, 1.54) is 6.42 Å². The molecule has 1 aliphatic heterocycles.